The lowest BCUT2D eigenvalue weighted by Gasteiger charge is -2.29. The van der Waals surface area contributed by atoms with Crippen LogP contribution in [0.25, 0.3) is 0 Å². The summed E-state index contributed by atoms with van der Waals surface area (Å²) in [4.78, 5) is 4.24. The molecular formula is C19H25NS. The lowest BCUT2D eigenvalue weighted by Crippen LogP contribution is -2.27. The number of aryl methyl sites for hydroxylation is 2. The van der Waals surface area contributed by atoms with Crippen LogP contribution in [0.1, 0.15) is 53.3 Å². The maximum atomic E-state index is 2.70. The predicted molar refractivity (Wildman–Crippen MR) is 91.9 cm³/mol. The van der Waals surface area contributed by atoms with E-state index in [-0.39, 0.29) is 0 Å². The third-order valence-electron chi connectivity index (χ3n) is 4.69. The van der Waals surface area contributed by atoms with Crippen molar-refractivity contribution in [2.75, 3.05) is 6.54 Å². The number of thiophene rings is 1. The fraction of sp³-hybridized carbons (Fsp3) is 0.474. The maximum absolute atomic E-state index is 2.70. The number of likely N-dealkylation sites (tertiary alicyclic amines) is 1. The van der Waals surface area contributed by atoms with E-state index in [9.17, 15) is 0 Å². The van der Waals surface area contributed by atoms with Gasteiger partial charge in [-0.1, -0.05) is 37.1 Å². The molecule has 1 aromatic heterocycles. The van der Waals surface area contributed by atoms with Gasteiger partial charge in [0.15, 0.2) is 0 Å². The van der Waals surface area contributed by atoms with Gasteiger partial charge in [0.05, 0.1) is 0 Å². The summed E-state index contributed by atoms with van der Waals surface area (Å²) in [6, 6.07) is 12.1. The van der Waals surface area contributed by atoms with Gasteiger partial charge in [-0.2, -0.15) is 0 Å². The van der Waals surface area contributed by atoms with E-state index in [0.29, 0.717) is 6.04 Å². The van der Waals surface area contributed by atoms with E-state index >= 15 is 0 Å². The number of benzene rings is 1. The molecule has 1 aliphatic rings. The molecule has 0 radical (unpaired) electrons. The Kier molecular flexibility index (Phi) is 4.77. The van der Waals surface area contributed by atoms with E-state index in [1.165, 1.54) is 48.9 Å². The summed E-state index contributed by atoms with van der Waals surface area (Å²) in [5.41, 5.74) is 4.26. The first kappa shape index (κ1) is 14.8. The predicted octanol–water partition coefficient (Wildman–Crippen LogP) is 5.48. The normalized spacial score (nSPS) is 20.4. The van der Waals surface area contributed by atoms with Gasteiger partial charge >= 0.3 is 0 Å². The zero-order valence-corrected chi connectivity index (χ0v) is 14.0. The quantitative estimate of drug-likeness (QED) is 0.725. The summed E-state index contributed by atoms with van der Waals surface area (Å²) >= 11 is 1.92. The molecule has 112 valence electrons. The average molecular weight is 299 g/mol. The number of nitrogens with zero attached hydrogens (tertiary/aromatic N) is 1. The van der Waals surface area contributed by atoms with Crippen molar-refractivity contribution in [1.29, 1.82) is 0 Å². The molecule has 0 bridgehead atoms. The van der Waals surface area contributed by atoms with Gasteiger partial charge in [0.2, 0.25) is 0 Å². The summed E-state index contributed by atoms with van der Waals surface area (Å²) < 4.78 is 0. The molecule has 0 amide bonds. The van der Waals surface area contributed by atoms with Gasteiger partial charge in [0.25, 0.3) is 0 Å². The smallest absolute Gasteiger partial charge is 0.0445 e. The van der Waals surface area contributed by atoms with Crippen LogP contribution in [0.4, 0.5) is 0 Å². The zero-order valence-electron chi connectivity index (χ0n) is 13.1. The second-order valence-electron chi connectivity index (χ2n) is 6.27. The highest BCUT2D eigenvalue weighted by atomic mass is 32.1. The van der Waals surface area contributed by atoms with Crippen LogP contribution in [0.2, 0.25) is 0 Å². The first-order chi connectivity index (χ1) is 10.2. The molecule has 2 heteroatoms. The van der Waals surface area contributed by atoms with Crippen LogP contribution >= 0.6 is 11.3 Å². The van der Waals surface area contributed by atoms with Crippen LogP contribution in [0.5, 0.6) is 0 Å². The van der Waals surface area contributed by atoms with E-state index in [1.54, 1.807) is 4.88 Å². The summed E-state index contributed by atoms with van der Waals surface area (Å²) in [5, 5.41) is 2.22. The summed E-state index contributed by atoms with van der Waals surface area (Å²) in [7, 11) is 0. The molecular weight excluding hydrogens is 274 g/mol. The molecule has 1 fully saturated rings. The van der Waals surface area contributed by atoms with Crippen LogP contribution < -0.4 is 0 Å². The van der Waals surface area contributed by atoms with E-state index < -0.39 is 0 Å². The Balaban J connectivity index is 1.81. The van der Waals surface area contributed by atoms with Gasteiger partial charge in [-0.25, -0.2) is 0 Å². The van der Waals surface area contributed by atoms with Crippen LogP contribution in [0, 0.1) is 13.8 Å². The van der Waals surface area contributed by atoms with Crippen LogP contribution in [0.15, 0.2) is 35.7 Å². The van der Waals surface area contributed by atoms with Gasteiger partial charge in [0, 0.05) is 17.5 Å². The van der Waals surface area contributed by atoms with Gasteiger partial charge in [-0.15, -0.1) is 11.3 Å². The maximum Gasteiger partial charge on any atom is 0.0445 e. The summed E-state index contributed by atoms with van der Waals surface area (Å²) in [5.74, 6) is 0. The van der Waals surface area contributed by atoms with Crippen molar-refractivity contribution < 1.29 is 0 Å². The number of hydrogen-bond donors (Lipinski definition) is 0. The van der Waals surface area contributed by atoms with Gasteiger partial charge in [0.1, 0.15) is 0 Å². The molecule has 0 N–H and O–H groups in total. The molecule has 0 unspecified atom stereocenters. The van der Waals surface area contributed by atoms with Gasteiger partial charge in [-0.3, -0.25) is 4.90 Å². The van der Waals surface area contributed by atoms with Crippen LogP contribution in [-0.4, -0.2) is 11.4 Å². The summed E-state index contributed by atoms with van der Waals surface area (Å²) in [6.07, 6.45) is 5.40. The largest absolute Gasteiger partial charge is 0.291 e. The second-order valence-corrected chi connectivity index (χ2v) is 7.25. The molecule has 0 saturated carbocycles. The standard InChI is InChI=1S/C19H25NS/c1-15-9-10-17(13-16(15)2)14-20-11-5-3-4-7-18(20)19-8-6-12-21-19/h6,8-10,12-13,18H,3-5,7,11,14H2,1-2H3/t18-/m0/s1. The van der Waals surface area contributed by atoms with Gasteiger partial charge in [-0.05, 0) is 61.4 Å². The molecule has 1 saturated heterocycles. The van der Waals surface area contributed by atoms with E-state index in [4.69, 9.17) is 0 Å². The van der Waals surface area contributed by atoms with Crippen molar-refractivity contribution in [3.05, 3.63) is 57.3 Å². The minimum atomic E-state index is 0.620. The minimum Gasteiger partial charge on any atom is -0.291 e. The number of rotatable bonds is 3. The summed E-state index contributed by atoms with van der Waals surface area (Å²) in [6.45, 7) is 6.73. The molecule has 1 aromatic carbocycles. The van der Waals surface area contributed by atoms with Crippen molar-refractivity contribution in [1.82, 2.24) is 4.90 Å². The third-order valence-corrected chi connectivity index (χ3v) is 5.67. The van der Waals surface area contributed by atoms with Crippen molar-refractivity contribution in [2.24, 2.45) is 0 Å². The highest BCUT2D eigenvalue weighted by molar-refractivity contribution is 7.10. The Hall–Kier alpha value is -1.12. The van der Waals surface area contributed by atoms with Crippen molar-refractivity contribution >= 4 is 11.3 Å². The Morgan fingerprint density at radius 3 is 2.76 bits per heavy atom. The Bertz CT molecular complexity index is 573. The Morgan fingerprint density at radius 2 is 2.00 bits per heavy atom. The first-order valence-electron chi connectivity index (χ1n) is 8.07. The molecule has 2 heterocycles. The monoisotopic (exact) mass is 299 g/mol. The average Bonchev–Trinajstić information content (AvgIpc) is 2.91. The second kappa shape index (κ2) is 6.76. The van der Waals surface area contributed by atoms with E-state index in [0.717, 1.165) is 6.54 Å². The van der Waals surface area contributed by atoms with Crippen molar-refractivity contribution in [3.63, 3.8) is 0 Å². The SMILES string of the molecule is Cc1ccc(CN2CCCCC[C@H]2c2cccs2)cc1C. The zero-order chi connectivity index (χ0) is 14.7. The Morgan fingerprint density at radius 1 is 1.10 bits per heavy atom. The fourth-order valence-electron chi connectivity index (χ4n) is 3.30. The molecule has 21 heavy (non-hydrogen) atoms. The highest BCUT2D eigenvalue weighted by Crippen LogP contribution is 2.33. The first-order valence-corrected chi connectivity index (χ1v) is 8.95. The van der Waals surface area contributed by atoms with E-state index in [1.807, 2.05) is 11.3 Å². The van der Waals surface area contributed by atoms with Gasteiger partial charge < -0.3 is 0 Å². The molecule has 3 rings (SSSR count). The Labute approximate surface area is 132 Å². The molecule has 1 nitrogen and oxygen atoms in total. The van der Waals surface area contributed by atoms with Crippen molar-refractivity contribution in [2.45, 2.75) is 52.1 Å². The molecule has 2 aromatic rings. The lowest BCUT2D eigenvalue weighted by molar-refractivity contribution is 0.195. The lowest BCUT2D eigenvalue weighted by atomic mass is 10.0. The van der Waals surface area contributed by atoms with Crippen LogP contribution in [0.3, 0.4) is 0 Å². The topological polar surface area (TPSA) is 3.24 Å². The molecule has 0 aliphatic carbocycles. The fourth-order valence-corrected chi connectivity index (χ4v) is 4.19. The minimum absolute atomic E-state index is 0.620. The molecule has 0 spiro atoms. The molecule has 1 atom stereocenters. The highest BCUT2D eigenvalue weighted by Gasteiger charge is 2.23. The van der Waals surface area contributed by atoms with E-state index in [2.05, 4.69) is 54.5 Å². The van der Waals surface area contributed by atoms with Crippen LogP contribution in [-0.2, 0) is 6.54 Å². The van der Waals surface area contributed by atoms with Crippen molar-refractivity contribution in [3.8, 4) is 0 Å². The number of hydrogen-bond acceptors (Lipinski definition) is 2. The third kappa shape index (κ3) is 3.56. The molecule has 1 aliphatic heterocycles.